The minimum Gasteiger partial charge on any atom is -0.492 e. The topological polar surface area (TPSA) is 70.3 Å². The van der Waals surface area contributed by atoms with Gasteiger partial charge in [-0.05, 0) is 49.2 Å². The van der Waals surface area contributed by atoms with E-state index >= 15 is 0 Å². The van der Waals surface area contributed by atoms with E-state index in [-0.39, 0.29) is 29.9 Å². The fraction of sp³-hybridized carbons (Fsp3) is 0.429. The van der Waals surface area contributed by atoms with Gasteiger partial charge in [-0.3, -0.25) is 9.79 Å². The molecule has 0 spiro atoms. The first-order valence-electron chi connectivity index (χ1n) is 9.56. The lowest BCUT2D eigenvalue weighted by Gasteiger charge is -2.36. The molecule has 1 fully saturated rings. The molecule has 2 heterocycles. The number of piperazine rings is 1. The predicted molar refractivity (Wildman–Crippen MR) is 124 cm³/mol. The first-order valence-corrected chi connectivity index (χ1v) is 9.56. The Labute approximate surface area is 189 Å². The van der Waals surface area contributed by atoms with Gasteiger partial charge in [0.05, 0.1) is 12.8 Å². The maximum Gasteiger partial charge on any atom is 0.289 e. The third kappa shape index (κ3) is 6.38. The van der Waals surface area contributed by atoms with Crippen LogP contribution in [0.4, 0.5) is 0 Å². The van der Waals surface area contributed by atoms with Crippen LogP contribution < -0.4 is 10.1 Å². The zero-order chi connectivity index (χ0) is 19.9. The van der Waals surface area contributed by atoms with Crippen molar-refractivity contribution < 1.29 is 13.9 Å². The molecule has 1 amide bonds. The standard InChI is InChI=1S/C21H28N4O3.HI/c1-16-13-17(2)15-18(14-16)27-12-6-23-21(22-3)25-9-7-24(8-10-25)20(26)19-5-4-11-28-19;/h4-5,11,13-15H,6-10,12H2,1-3H3,(H,22,23);1H. The van der Waals surface area contributed by atoms with E-state index in [1.165, 1.54) is 17.4 Å². The van der Waals surface area contributed by atoms with E-state index in [1.54, 1.807) is 19.2 Å². The second-order valence-electron chi connectivity index (χ2n) is 6.90. The van der Waals surface area contributed by atoms with Crippen molar-refractivity contribution in [2.24, 2.45) is 4.99 Å². The number of hydrogen-bond donors (Lipinski definition) is 1. The van der Waals surface area contributed by atoms with Gasteiger partial charge in [0.25, 0.3) is 5.91 Å². The highest BCUT2D eigenvalue weighted by molar-refractivity contribution is 14.0. The number of nitrogens with one attached hydrogen (secondary N) is 1. The fourth-order valence-corrected chi connectivity index (χ4v) is 3.36. The second-order valence-corrected chi connectivity index (χ2v) is 6.90. The number of aryl methyl sites for hydroxylation is 2. The Hall–Kier alpha value is -2.23. The molecule has 7 nitrogen and oxygen atoms in total. The summed E-state index contributed by atoms with van der Waals surface area (Å²) in [5.74, 6) is 2.04. The zero-order valence-electron chi connectivity index (χ0n) is 17.2. The second kappa shape index (κ2) is 11.1. The molecule has 1 aliphatic heterocycles. The summed E-state index contributed by atoms with van der Waals surface area (Å²) in [5, 5.41) is 3.34. The molecule has 0 aliphatic carbocycles. The Morgan fingerprint density at radius 2 is 1.79 bits per heavy atom. The first-order chi connectivity index (χ1) is 13.6. The van der Waals surface area contributed by atoms with Crippen LogP contribution in [0.2, 0.25) is 0 Å². The van der Waals surface area contributed by atoms with Crippen molar-refractivity contribution >= 4 is 35.8 Å². The van der Waals surface area contributed by atoms with Crippen molar-refractivity contribution in [2.45, 2.75) is 13.8 Å². The number of guanidine groups is 1. The molecule has 1 aliphatic rings. The molecular weight excluding hydrogens is 483 g/mol. The van der Waals surface area contributed by atoms with Crippen molar-refractivity contribution in [1.29, 1.82) is 0 Å². The molecule has 1 aromatic carbocycles. The third-order valence-corrected chi connectivity index (χ3v) is 4.66. The van der Waals surface area contributed by atoms with Crippen LogP contribution in [0.25, 0.3) is 0 Å². The van der Waals surface area contributed by atoms with Gasteiger partial charge in [-0.25, -0.2) is 0 Å². The number of benzene rings is 1. The predicted octanol–water partition coefficient (Wildman–Crippen LogP) is 2.93. The molecule has 158 valence electrons. The van der Waals surface area contributed by atoms with Gasteiger partial charge < -0.3 is 24.3 Å². The van der Waals surface area contributed by atoms with Crippen molar-refractivity contribution in [3.8, 4) is 5.75 Å². The van der Waals surface area contributed by atoms with Crippen molar-refractivity contribution in [3.63, 3.8) is 0 Å². The number of halogens is 1. The average Bonchev–Trinajstić information content (AvgIpc) is 3.22. The number of aliphatic imine (C=N–C) groups is 1. The maximum atomic E-state index is 12.4. The van der Waals surface area contributed by atoms with Crippen LogP contribution in [-0.2, 0) is 0 Å². The maximum absolute atomic E-state index is 12.4. The van der Waals surface area contributed by atoms with E-state index in [0.29, 0.717) is 32.0 Å². The Kier molecular flexibility index (Phi) is 8.81. The third-order valence-electron chi connectivity index (χ3n) is 4.66. The summed E-state index contributed by atoms with van der Waals surface area (Å²) in [5.41, 5.74) is 2.39. The lowest BCUT2D eigenvalue weighted by atomic mass is 10.1. The van der Waals surface area contributed by atoms with E-state index in [9.17, 15) is 4.79 Å². The van der Waals surface area contributed by atoms with Crippen LogP contribution in [-0.4, -0.2) is 68.0 Å². The number of rotatable bonds is 5. The molecule has 0 radical (unpaired) electrons. The fourth-order valence-electron chi connectivity index (χ4n) is 3.36. The SMILES string of the molecule is CN=C(NCCOc1cc(C)cc(C)c1)N1CCN(C(=O)c2ccco2)CC1.I. The molecule has 1 saturated heterocycles. The molecular formula is C21H29IN4O3. The number of carbonyl (C=O) groups is 1. The number of amides is 1. The number of hydrogen-bond acceptors (Lipinski definition) is 4. The summed E-state index contributed by atoms with van der Waals surface area (Å²) < 4.78 is 11.0. The molecule has 0 saturated carbocycles. The van der Waals surface area contributed by atoms with Crippen LogP contribution in [0.5, 0.6) is 5.75 Å². The van der Waals surface area contributed by atoms with Crippen LogP contribution in [0, 0.1) is 13.8 Å². The molecule has 8 heteroatoms. The highest BCUT2D eigenvalue weighted by Gasteiger charge is 2.25. The summed E-state index contributed by atoms with van der Waals surface area (Å²) in [4.78, 5) is 20.7. The molecule has 2 aromatic rings. The molecule has 29 heavy (non-hydrogen) atoms. The molecule has 0 unspecified atom stereocenters. The Morgan fingerprint density at radius 1 is 1.14 bits per heavy atom. The summed E-state index contributed by atoms with van der Waals surface area (Å²) in [6.45, 7) is 8.07. The Morgan fingerprint density at radius 3 is 2.38 bits per heavy atom. The Balaban J connectivity index is 0.00000300. The minimum atomic E-state index is -0.0607. The van der Waals surface area contributed by atoms with Crippen LogP contribution in [0.15, 0.2) is 46.0 Å². The summed E-state index contributed by atoms with van der Waals surface area (Å²) in [6.07, 6.45) is 1.52. The van der Waals surface area contributed by atoms with Gasteiger partial charge in [0.15, 0.2) is 11.7 Å². The molecule has 3 rings (SSSR count). The van der Waals surface area contributed by atoms with E-state index in [2.05, 4.69) is 35.1 Å². The van der Waals surface area contributed by atoms with Crippen molar-refractivity contribution in [2.75, 3.05) is 46.4 Å². The molecule has 1 aromatic heterocycles. The average molecular weight is 512 g/mol. The highest BCUT2D eigenvalue weighted by Crippen LogP contribution is 2.16. The van der Waals surface area contributed by atoms with E-state index in [4.69, 9.17) is 9.15 Å². The van der Waals surface area contributed by atoms with Gasteiger partial charge in [0, 0.05) is 33.2 Å². The van der Waals surface area contributed by atoms with Crippen molar-refractivity contribution in [1.82, 2.24) is 15.1 Å². The van der Waals surface area contributed by atoms with Crippen LogP contribution >= 0.6 is 24.0 Å². The van der Waals surface area contributed by atoms with Crippen molar-refractivity contribution in [3.05, 3.63) is 53.5 Å². The number of nitrogens with zero attached hydrogens (tertiary/aromatic N) is 3. The zero-order valence-corrected chi connectivity index (χ0v) is 19.5. The number of ether oxygens (including phenoxy) is 1. The number of furan rings is 1. The summed E-state index contributed by atoms with van der Waals surface area (Å²) >= 11 is 0. The lowest BCUT2D eigenvalue weighted by Crippen LogP contribution is -2.54. The lowest BCUT2D eigenvalue weighted by molar-refractivity contribution is 0.0657. The molecule has 1 N–H and O–H groups in total. The minimum absolute atomic E-state index is 0. The van der Waals surface area contributed by atoms with Gasteiger partial charge in [-0.15, -0.1) is 24.0 Å². The van der Waals surface area contributed by atoms with Gasteiger partial charge in [0.2, 0.25) is 0 Å². The van der Waals surface area contributed by atoms with Gasteiger partial charge in [-0.2, -0.15) is 0 Å². The Bertz CT molecular complexity index is 795. The van der Waals surface area contributed by atoms with E-state index < -0.39 is 0 Å². The summed E-state index contributed by atoms with van der Waals surface area (Å²) in [6, 6.07) is 9.64. The van der Waals surface area contributed by atoms with E-state index in [0.717, 1.165) is 24.8 Å². The molecule has 0 bridgehead atoms. The van der Waals surface area contributed by atoms with Gasteiger partial charge in [-0.1, -0.05) is 6.07 Å². The van der Waals surface area contributed by atoms with Crippen LogP contribution in [0.1, 0.15) is 21.7 Å². The monoisotopic (exact) mass is 512 g/mol. The quantitative estimate of drug-likeness (QED) is 0.289. The smallest absolute Gasteiger partial charge is 0.289 e. The summed E-state index contributed by atoms with van der Waals surface area (Å²) in [7, 11) is 1.77. The highest BCUT2D eigenvalue weighted by atomic mass is 127. The van der Waals surface area contributed by atoms with Gasteiger partial charge in [0.1, 0.15) is 12.4 Å². The van der Waals surface area contributed by atoms with E-state index in [1.807, 2.05) is 17.0 Å². The normalized spacial score (nSPS) is 14.4. The van der Waals surface area contributed by atoms with Gasteiger partial charge >= 0.3 is 0 Å². The largest absolute Gasteiger partial charge is 0.492 e. The molecule has 0 atom stereocenters. The number of carbonyl (C=O) groups excluding carboxylic acids is 1. The first kappa shape index (κ1) is 23.1. The van der Waals surface area contributed by atoms with Crippen LogP contribution in [0.3, 0.4) is 0 Å².